The number of benzene rings is 1. The van der Waals surface area contributed by atoms with Crippen molar-refractivity contribution < 1.29 is 9.66 Å². The lowest BCUT2D eigenvalue weighted by molar-refractivity contribution is -0.384. The monoisotopic (exact) mass is 340 g/mol. The molecule has 0 spiro atoms. The molecule has 0 atom stereocenters. The molecule has 7 nitrogen and oxygen atoms in total. The fraction of sp³-hybridized carbons (Fsp3) is 0.389. The van der Waals surface area contributed by atoms with Crippen molar-refractivity contribution in [2.24, 2.45) is 0 Å². The molecular weight excluding hydrogens is 320 g/mol. The zero-order chi connectivity index (χ0) is 17.2. The molecule has 0 bridgehead atoms. The van der Waals surface area contributed by atoms with Gasteiger partial charge in [0.2, 0.25) is 5.82 Å². The van der Waals surface area contributed by atoms with Gasteiger partial charge in [-0.15, -0.1) is 0 Å². The van der Waals surface area contributed by atoms with Crippen LogP contribution < -0.4 is 9.64 Å². The third-order valence-electron chi connectivity index (χ3n) is 4.79. The van der Waals surface area contributed by atoms with Crippen molar-refractivity contribution >= 4 is 11.5 Å². The maximum atomic E-state index is 11.2. The minimum atomic E-state index is -0.360. The van der Waals surface area contributed by atoms with Crippen LogP contribution in [-0.2, 0) is 13.0 Å². The predicted octanol–water partition coefficient (Wildman–Crippen LogP) is 2.25. The number of ether oxygens (including phenoxy) is 1. The van der Waals surface area contributed by atoms with Gasteiger partial charge in [-0.25, -0.2) is 4.98 Å². The first-order valence-corrected chi connectivity index (χ1v) is 8.52. The number of nitrogens with zero attached hydrogens (tertiary/aromatic N) is 4. The minimum Gasteiger partial charge on any atom is -0.493 e. The maximum absolute atomic E-state index is 11.2. The highest BCUT2D eigenvalue weighted by atomic mass is 16.6. The molecule has 0 unspecified atom stereocenters. The molecule has 1 aromatic heterocycles. The predicted molar refractivity (Wildman–Crippen MR) is 94.0 cm³/mol. The Balaban J connectivity index is 1.40. The molecule has 1 aromatic carbocycles. The zero-order valence-corrected chi connectivity index (χ0v) is 13.9. The lowest BCUT2D eigenvalue weighted by Gasteiger charge is -2.35. The Hall–Kier alpha value is -2.67. The van der Waals surface area contributed by atoms with E-state index in [1.165, 1.54) is 17.2 Å². The molecule has 2 aliphatic rings. The van der Waals surface area contributed by atoms with Crippen LogP contribution in [0.3, 0.4) is 0 Å². The largest absolute Gasteiger partial charge is 0.493 e. The van der Waals surface area contributed by atoms with Crippen LogP contribution in [0.2, 0.25) is 0 Å². The summed E-state index contributed by atoms with van der Waals surface area (Å²) in [5.41, 5.74) is 2.66. The number of hydrogen-bond donors (Lipinski definition) is 0. The second kappa shape index (κ2) is 6.68. The molecule has 1 saturated heterocycles. The summed E-state index contributed by atoms with van der Waals surface area (Å²) in [6.07, 6.45) is 2.60. The maximum Gasteiger partial charge on any atom is 0.311 e. The fourth-order valence-corrected chi connectivity index (χ4v) is 3.49. The van der Waals surface area contributed by atoms with E-state index in [0.29, 0.717) is 5.82 Å². The van der Waals surface area contributed by atoms with Crippen LogP contribution in [0.1, 0.15) is 11.1 Å². The van der Waals surface area contributed by atoms with Gasteiger partial charge in [-0.05, 0) is 23.3 Å². The quantitative estimate of drug-likeness (QED) is 0.628. The molecule has 0 saturated carbocycles. The van der Waals surface area contributed by atoms with E-state index in [0.717, 1.165) is 51.5 Å². The summed E-state index contributed by atoms with van der Waals surface area (Å²) in [6.45, 7) is 4.88. The molecule has 7 heteroatoms. The Bertz CT molecular complexity index is 788. The summed E-state index contributed by atoms with van der Waals surface area (Å²) in [7, 11) is 0. The van der Waals surface area contributed by atoms with E-state index >= 15 is 0 Å². The van der Waals surface area contributed by atoms with Crippen molar-refractivity contribution in [1.82, 2.24) is 9.88 Å². The third-order valence-corrected chi connectivity index (χ3v) is 4.79. The van der Waals surface area contributed by atoms with Gasteiger partial charge in [0.25, 0.3) is 0 Å². The Morgan fingerprint density at radius 1 is 1.20 bits per heavy atom. The van der Waals surface area contributed by atoms with Crippen molar-refractivity contribution in [3.05, 3.63) is 57.8 Å². The van der Waals surface area contributed by atoms with E-state index < -0.39 is 0 Å². The zero-order valence-electron chi connectivity index (χ0n) is 13.9. The molecule has 0 aliphatic carbocycles. The van der Waals surface area contributed by atoms with Gasteiger partial charge >= 0.3 is 5.69 Å². The summed E-state index contributed by atoms with van der Waals surface area (Å²) in [6, 6.07) is 9.54. The van der Waals surface area contributed by atoms with Crippen molar-refractivity contribution in [3.8, 4) is 5.75 Å². The van der Waals surface area contributed by atoms with E-state index in [1.54, 1.807) is 12.3 Å². The van der Waals surface area contributed by atoms with Crippen LogP contribution in [-0.4, -0.2) is 47.6 Å². The van der Waals surface area contributed by atoms with Crippen LogP contribution in [0.15, 0.2) is 36.5 Å². The molecule has 25 heavy (non-hydrogen) atoms. The average molecular weight is 340 g/mol. The van der Waals surface area contributed by atoms with Crippen LogP contribution in [0.4, 0.5) is 11.5 Å². The highest BCUT2D eigenvalue weighted by molar-refractivity contribution is 5.57. The second-order valence-corrected chi connectivity index (χ2v) is 6.41. The van der Waals surface area contributed by atoms with Crippen LogP contribution >= 0.6 is 0 Å². The highest BCUT2D eigenvalue weighted by Crippen LogP contribution is 2.28. The number of aromatic nitrogens is 1. The molecule has 1 fully saturated rings. The Morgan fingerprint density at radius 3 is 2.84 bits per heavy atom. The van der Waals surface area contributed by atoms with Crippen molar-refractivity contribution in [3.63, 3.8) is 0 Å². The number of pyridine rings is 1. The minimum absolute atomic E-state index is 0.0783. The fourth-order valence-electron chi connectivity index (χ4n) is 3.49. The molecular formula is C18H20N4O3. The third kappa shape index (κ3) is 3.28. The SMILES string of the molecule is O=[N+]([O-])c1cccnc1N1CCN(Cc2ccc3c(c2)CCO3)CC1. The number of rotatable bonds is 4. The van der Waals surface area contributed by atoms with Crippen LogP contribution in [0, 0.1) is 10.1 Å². The van der Waals surface area contributed by atoms with Crippen molar-refractivity contribution in [2.45, 2.75) is 13.0 Å². The van der Waals surface area contributed by atoms with Gasteiger partial charge in [0, 0.05) is 51.4 Å². The summed E-state index contributed by atoms with van der Waals surface area (Å²) in [4.78, 5) is 19.4. The second-order valence-electron chi connectivity index (χ2n) is 6.41. The summed E-state index contributed by atoms with van der Waals surface area (Å²) >= 11 is 0. The topological polar surface area (TPSA) is 71.7 Å². The van der Waals surface area contributed by atoms with Crippen molar-refractivity contribution in [2.75, 3.05) is 37.7 Å². The van der Waals surface area contributed by atoms with Gasteiger partial charge < -0.3 is 9.64 Å². The van der Waals surface area contributed by atoms with E-state index in [1.807, 2.05) is 4.90 Å². The standard InChI is InChI=1S/C18H20N4O3/c23-22(24)16-2-1-6-19-18(16)21-9-7-20(8-10-21)13-14-3-4-17-15(12-14)5-11-25-17/h1-4,6,12H,5,7-11,13H2. The highest BCUT2D eigenvalue weighted by Gasteiger charge is 2.24. The molecule has 0 radical (unpaired) electrons. The molecule has 0 amide bonds. The van der Waals surface area contributed by atoms with Gasteiger partial charge in [0.1, 0.15) is 5.75 Å². The van der Waals surface area contributed by atoms with E-state index in [4.69, 9.17) is 4.74 Å². The number of piperazine rings is 1. The Morgan fingerprint density at radius 2 is 2.04 bits per heavy atom. The first kappa shape index (κ1) is 15.8. The number of nitro groups is 1. The lowest BCUT2D eigenvalue weighted by atomic mass is 10.1. The molecule has 130 valence electrons. The average Bonchev–Trinajstić information content (AvgIpc) is 3.10. The van der Waals surface area contributed by atoms with Crippen molar-refractivity contribution in [1.29, 1.82) is 0 Å². The Kier molecular flexibility index (Phi) is 4.23. The first-order chi connectivity index (χ1) is 12.2. The lowest BCUT2D eigenvalue weighted by Crippen LogP contribution is -2.46. The Labute approximate surface area is 146 Å². The summed E-state index contributed by atoms with van der Waals surface area (Å²) < 4.78 is 5.55. The van der Waals surface area contributed by atoms with Gasteiger partial charge in [-0.2, -0.15) is 0 Å². The van der Waals surface area contributed by atoms with E-state index in [2.05, 4.69) is 28.1 Å². The van der Waals surface area contributed by atoms with Gasteiger partial charge in [0.15, 0.2) is 0 Å². The molecule has 4 rings (SSSR count). The number of anilines is 1. The van der Waals surface area contributed by atoms with Gasteiger partial charge in [-0.3, -0.25) is 15.0 Å². The van der Waals surface area contributed by atoms with Gasteiger partial charge in [-0.1, -0.05) is 12.1 Å². The van der Waals surface area contributed by atoms with Crippen LogP contribution in [0.5, 0.6) is 5.75 Å². The molecule has 2 aliphatic heterocycles. The molecule has 3 heterocycles. The normalized spacial score (nSPS) is 17.2. The van der Waals surface area contributed by atoms with Crippen LogP contribution in [0.25, 0.3) is 0 Å². The summed E-state index contributed by atoms with van der Waals surface area (Å²) in [5.74, 6) is 1.48. The molecule has 0 N–H and O–H groups in total. The number of hydrogen-bond acceptors (Lipinski definition) is 6. The molecule has 2 aromatic rings. The van der Waals surface area contributed by atoms with Gasteiger partial charge in [0.05, 0.1) is 11.5 Å². The van der Waals surface area contributed by atoms with E-state index in [9.17, 15) is 10.1 Å². The van der Waals surface area contributed by atoms with E-state index in [-0.39, 0.29) is 10.6 Å². The smallest absolute Gasteiger partial charge is 0.311 e. The number of fused-ring (bicyclic) bond motifs is 1. The first-order valence-electron chi connectivity index (χ1n) is 8.52. The summed E-state index contributed by atoms with van der Waals surface area (Å²) in [5, 5.41) is 11.2.